The number of hydrogen-bond acceptors (Lipinski definition) is 3. The fraction of sp³-hybridized carbons (Fsp3) is 0. The first-order valence-electron chi connectivity index (χ1n) is 17.6. The molecule has 0 unspecified atom stereocenters. The van der Waals surface area contributed by atoms with Crippen molar-refractivity contribution in [3.8, 4) is 33.4 Å². The average molecular weight is 665 g/mol. The van der Waals surface area contributed by atoms with Crippen LogP contribution in [0, 0.1) is 0 Å². The minimum absolute atomic E-state index is 0.668. The fourth-order valence-corrected chi connectivity index (χ4v) is 7.58. The van der Waals surface area contributed by atoms with Crippen molar-refractivity contribution in [1.29, 1.82) is 0 Å². The molecule has 0 N–H and O–H groups in total. The Labute approximate surface area is 301 Å². The molecule has 0 aliphatic heterocycles. The monoisotopic (exact) mass is 664 g/mol. The van der Waals surface area contributed by atoms with Crippen LogP contribution in [0.15, 0.2) is 199 Å². The van der Waals surface area contributed by atoms with E-state index in [1.807, 2.05) is 12.1 Å². The SMILES string of the molecule is c1ccc(-c2cccc(N(c3ccc(-c4ccc5ccc6oc7ncccc7c6c5c4)cc3)c3ccc(-c4cccc5ccccc45)cc3)c2)cc1. The van der Waals surface area contributed by atoms with Gasteiger partial charge in [0.1, 0.15) is 5.58 Å². The third-order valence-corrected chi connectivity index (χ3v) is 10.1. The number of anilines is 3. The summed E-state index contributed by atoms with van der Waals surface area (Å²) in [6, 6.07) is 67.3. The van der Waals surface area contributed by atoms with Crippen LogP contribution < -0.4 is 4.90 Å². The van der Waals surface area contributed by atoms with Gasteiger partial charge < -0.3 is 9.32 Å². The highest BCUT2D eigenvalue weighted by Gasteiger charge is 2.16. The lowest BCUT2D eigenvalue weighted by Gasteiger charge is -2.26. The molecule has 2 aromatic heterocycles. The Morgan fingerprint density at radius 3 is 1.85 bits per heavy atom. The van der Waals surface area contributed by atoms with Gasteiger partial charge in [-0.05, 0) is 116 Å². The maximum Gasteiger partial charge on any atom is 0.227 e. The molecule has 52 heavy (non-hydrogen) atoms. The van der Waals surface area contributed by atoms with E-state index in [2.05, 4.69) is 186 Å². The molecule has 10 aromatic rings. The van der Waals surface area contributed by atoms with Crippen molar-refractivity contribution < 1.29 is 4.42 Å². The van der Waals surface area contributed by atoms with Gasteiger partial charge in [0.2, 0.25) is 5.71 Å². The second kappa shape index (κ2) is 12.4. The fourth-order valence-electron chi connectivity index (χ4n) is 7.58. The zero-order valence-electron chi connectivity index (χ0n) is 28.3. The summed E-state index contributed by atoms with van der Waals surface area (Å²) in [6.07, 6.45) is 1.78. The Hall–Kier alpha value is -6.97. The van der Waals surface area contributed by atoms with Gasteiger partial charge in [0, 0.05) is 34.0 Å². The summed E-state index contributed by atoms with van der Waals surface area (Å²) in [7, 11) is 0. The van der Waals surface area contributed by atoms with Crippen molar-refractivity contribution in [1.82, 2.24) is 4.98 Å². The standard InChI is InChI=1S/C49H32N2O/c1-2-9-33(10-3-1)38-13-6-14-42(31-38)51(41-27-22-36(23-28-41)44-16-7-12-35-11-4-5-15-43(35)44)40-25-20-34(21-26-40)39-19-18-37-24-29-47-48(46(37)32-39)45-17-8-30-50-49(45)52-47/h1-32H. The molecule has 0 bridgehead atoms. The number of aromatic nitrogens is 1. The molecule has 0 fully saturated rings. The van der Waals surface area contributed by atoms with Gasteiger partial charge in [-0.15, -0.1) is 0 Å². The van der Waals surface area contributed by atoms with Crippen LogP contribution in [0.1, 0.15) is 0 Å². The van der Waals surface area contributed by atoms with Crippen LogP contribution in [0.4, 0.5) is 17.1 Å². The van der Waals surface area contributed by atoms with Gasteiger partial charge in [0.15, 0.2) is 0 Å². The lowest BCUT2D eigenvalue weighted by Crippen LogP contribution is -2.10. The molecule has 8 aromatic carbocycles. The molecule has 244 valence electrons. The number of furan rings is 1. The van der Waals surface area contributed by atoms with Crippen LogP contribution in [-0.2, 0) is 0 Å². The number of fused-ring (bicyclic) bond motifs is 6. The van der Waals surface area contributed by atoms with E-state index in [-0.39, 0.29) is 0 Å². The summed E-state index contributed by atoms with van der Waals surface area (Å²) in [5.41, 5.74) is 11.9. The minimum atomic E-state index is 0.668. The molecule has 3 heteroatoms. The molecular formula is C49H32N2O. The van der Waals surface area contributed by atoms with E-state index in [1.54, 1.807) is 6.20 Å². The van der Waals surface area contributed by atoms with E-state index in [9.17, 15) is 0 Å². The van der Waals surface area contributed by atoms with Crippen molar-refractivity contribution in [2.45, 2.75) is 0 Å². The molecule has 0 amide bonds. The van der Waals surface area contributed by atoms with Gasteiger partial charge in [0.05, 0.1) is 0 Å². The Morgan fingerprint density at radius 2 is 1.00 bits per heavy atom. The van der Waals surface area contributed by atoms with Crippen molar-refractivity contribution in [3.63, 3.8) is 0 Å². The van der Waals surface area contributed by atoms with Crippen LogP contribution in [0.5, 0.6) is 0 Å². The van der Waals surface area contributed by atoms with Crippen molar-refractivity contribution in [2.24, 2.45) is 0 Å². The molecule has 0 saturated carbocycles. The van der Waals surface area contributed by atoms with Gasteiger partial charge in [-0.2, -0.15) is 0 Å². The summed E-state index contributed by atoms with van der Waals surface area (Å²) in [5.74, 6) is 0. The Morgan fingerprint density at radius 1 is 0.385 bits per heavy atom. The third kappa shape index (κ3) is 5.19. The number of pyridine rings is 1. The van der Waals surface area contributed by atoms with Crippen molar-refractivity contribution in [3.05, 3.63) is 194 Å². The number of rotatable bonds is 6. The van der Waals surface area contributed by atoms with E-state index in [1.165, 1.54) is 38.4 Å². The highest BCUT2D eigenvalue weighted by atomic mass is 16.3. The Kier molecular flexibility index (Phi) is 7.14. The van der Waals surface area contributed by atoms with Gasteiger partial charge in [-0.25, -0.2) is 4.98 Å². The maximum absolute atomic E-state index is 6.10. The smallest absolute Gasteiger partial charge is 0.227 e. The van der Waals surface area contributed by atoms with E-state index < -0.39 is 0 Å². The van der Waals surface area contributed by atoms with E-state index in [4.69, 9.17) is 4.42 Å². The van der Waals surface area contributed by atoms with Crippen LogP contribution in [-0.4, -0.2) is 4.98 Å². The number of hydrogen-bond donors (Lipinski definition) is 0. The summed E-state index contributed by atoms with van der Waals surface area (Å²) in [4.78, 5) is 6.81. The van der Waals surface area contributed by atoms with Gasteiger partial charge in [0.25, 0.3) is 0 Å². The Bertz CT molecular complexity index is 2880. The second-order valence-corrected chi connectivity index (χ2v) is 13.2. The molecule has 0 aliphatic rings. The molecule has 0 aliphatic carbocycles. The predicted octanol–water partition coefficient (Wildman–Crippen LogP) is 13.8. The molecule has 0 spiro atoms. The zero-order chi connectivity index (χ0) is 34.4. The molecular weight excluding hydrogens is 633 g/mol. The van der Waals surface area contributed by atoms with Crippen LogP contribution in [0.3, 0.4) is 0 Å². The van der Waals surface area contributed by atoms with Gasteiger partial charge in [-0.1, -0.05) is 127 Å². The normalized spacial score (nSPS) is 11.5. The predicted molar refractivity (Wildman–Crippen MR) is 218 cm³/mol. The number of benzene rings is 8. The lowest BCUT2D eigenvalue weighted by molar-refractivity contribution is 0.654. The summed E-state index contributed by atoms with van der Waals surface area (Å²) >= 11 is 0. The highest BCUT2D eigenvalue weighted by Crippen LogP contribution is 2.40. The molecule has 2 heterocycles. The van der Waals surface area contributed by atoms with Gasteiger partial charge in [-0.3, -0.25) is 0 Å². The molecule has 10 rings (SSSR count). The largest absolute Gasteiger partial charge is 0.438 e. The van der Waals surface area contributed by atoms with Crippen LogP contribution >= 0.6 is 0 Å². The summed E-state index contributed by atoms with van der Waals surface area (Å²) in [6.45, 7) is 0. The minimum Gasteiger partial charge on any atom is -0.438 e. The maximum atomic E-state index is 6.10. The zero-order valence-corrected chi connectivity index (χ0v) is 28.3. The summed E-state index contributed by atoms with van der Waals surface area (Å²) in [5, 5.41) is 6.99. The average Bonchev–Trinajstić information content (AvgIpc) is 3.61. The molecule has 3 nitrogen and oxygen atoms in total. The van der Waals surface area contributed by atoms with Gasteiger partial charge >= 0.3 is 0 Å². The first kappa shape index (κ1) is 29.9. The van der Waals surface area contributed by atoms with E-state index in [0.717, 1.165) is 49.9 Å². The van der Waals surface area contributed by atoms with Crippen molar-refractivity contribution in [2.75, 3.05) is 4.90 Å². The lowest BCUT2D eigenvalue weighted by atomic mass is 9.97. The van der Waals surface area contributed by atoms with Crippen LogP contribution in [0.2, 0.25) is 0 Å². The molecule has 0 saturated heterocycles. The topological polar surface area (TPSA) is 29.3 Å². The van der Waals surface area contributed by atoms with E-state index in [0.29, 0.717) is 5.71 Å². The van der Waals surface area contributed by atoms with Crippen molar-refractivity contribution >= 4 is 60.7 Å². The second-order valence-electron chi connectivity index (χ2n) is 13.2. The highest BCUT2D eigenvalue weighted by molar-refractivity contribution is 6.18. The first-order chi connectivity index (χ1) is 25.8. The quantitative estimate of drug-likeness (QED) is 0.177. The summed E-state index contributed by atoms with van der Waals surface area (Å²) < 4.78 is 6.10. The number of nitrogens with zero attached hydrogens (tertiary/aromatic N) is 2. The Balaban J connectivity index is 1.07. The van der Waals surface area contributed by atoms with E-state index >= 15 is 0 Å². The third-order valence-electron chi connectivity index (χ3n) is 10.1. The van der Waals surface area contributed by atoms with Crippen LogP contribution in [0.25, 0.3) is 77.0 Å². The first-order valence-corrected chi connectivity index (χ1v) is 17.6. The molecule has 0 atom stereocenters. The molecule has 0 radical (unpaired) electrons.